The molecular formula is C23H23F2N7O. The summed E-state index contributed by atoms with van der Waals surface area (Å²) in [5, 5.41) is 13.4. The Morgan fingerprint density at radius 1 is 1.00 bits per heavy atom. The van der Waals surface area contributed by atoms with Crippen LogP contribution >= 0.6 is 0 Å². The van der Waals surface area contributed by atoms with Crippen molar-refractivity contribution in [1.29, 1.82) is 0 Å². The SMILES string of the molecule is CCc1nc(Nc2cc(-c3ccc(OC)cc3)[nH]n2)nc(NC(C)c2ccc(F)cc2F)n1. The van der Waals surface area contributed by atoms with Crippen molar-refractivity contribution in [3.8, 4) is 17.0 Å². The van der Waals surface area contributed by atoms with E-state index in [9.17, 15) is 8.78 Å². The lowest BCUT2D eigenvalue weighted by atomic mass is 10.1. The summed E-state index contributed by atoms with van der Waals surface area (Å²) in [6.07, 6.45) is 0.572. The van der Waals surface area contributed by atoms with E-state index in [4.69, 9.17) is 4.74 Å². The van der Waals surface area contributed by atoms with E-state index in [-0.39, 0.29) is 5.95 Å². The van der Waals surface area contributed by atoms with Crippen LogP contribution in [-0.2, 0) is 6.42 Å². The van der Waals surface area contributed by atoms with Gasteiger partial charge in [0.15, 0.2) is 5.82 Å². The number of benzene rings is 2. The fourth-order valence-electron chi connectivity index (χ4n) is 3.24. The van der Waals surface area contributed by atoms with E-state index in [1.54, 1.807) is 14.0 Å². The molecule has 33 heavy (non-hydrogen) atoms. The van der Waals surface area contributed by atoms with Crippen LogP contribution < -0.4 is 15.4 Å². The first-order valence-electron chi connectivity index (χ1n) is 10.4. The quantitative estimate of drug-likeness (QED) is 0.345. The third-order valence-electron chi connectivity index (χ3n) is 4.99. The van der Waals surface area contributed by atoms with Gasteiger partial charge in [-0.2, -0.15) is 20.1 Å². The van der Waals surface area contributed by atoms with Crippen LogP contribution in [-0.4, -0.2) is 32.3 Å². The number of H-pyrrole nitrogens is 1. The van der Waals surface area contributed by atoms with Gasteiger partial charge < -0.3 is 15.4 Å². The topological polar surface area (TPSA) is 101 Å². The summed E-state index contributed by atoms with van der Waals surface area (Å²) in [5.74, 6) is 1.14. The van der Waals surface area contributed by atoms with E-state index in [1.165, 1.54) is 12.1 Å². The predicted molar refractivity (Wildman–Crippen MR) is 121 cm³/mol. The first-order chi connectivity index (χ1) is 15.9. The van der Waals surface area contributed by atoms with Crippen molar-refractivity contribution in [3.05, 3.63) is 71.6 Å². The molecule has 0 spiro atoms. The molecule has 0 aliphatic carbocycles. The Hall–Kier alpha value is -4.08. The lowest BCUT2D eigenvalue weighted by molar-refractivity contribution is 0.415. The van der Waals surface area contributed by atoms with E-state index >= 15 is 0 Å². The van der Waals surface area contributed by atoms with Crippen molar-refractivity contribution in [2.24, 2.45) is 0 Å². The fraction of sp³-hybridized carbons (Fsp3) is 0.217. The summed E-state index contributed by atoms with van der Waals surface area (Å²) in [5.41, 5.74) is 2.06. The highest BCUT2D eigenvalue weighted by Crippen LogP contribution is 2.25. The molecule has 170 valence electrons. The zero-order valence-electron chi connectivity index (χ0n) is 18.4. The standard InChI is InChI=1S/C23H23F2N7O/c1-4-20-27-22(26-13(2)17-10-7-15(24)11-18(17)25)30-23(28-20)29-21-12-19(31-32-21)14-5-8-16(33-3)9-6-14/h5-13H,4H2,1-3H3,(H3,26,27,28,29,30,31,32). The van der Waals surface area contributed by atoms with E-state index in [0.29, 0.717) is 29.6 Å². The van der Waals surface area contributed by atoms with Gasteiger partial charge in [0.1, 0.15) is 23.2 Å². The number of hydrogen-bond acceptors (Lipinski definition) is 7. The minimum Gasteiger partial charge on any atom is -0.497 e. The van der Waals surface area contributed by atoms with Crippen LogP contribution in [0.3, 0.4) is 0 Å². The number of methoxy groups -OCH3 is 1. The summed E-state index contributed by atoms with van der Waals surface area (Å²) < 4.78 is 32.5. The predicted octanol–water partition coefficient (Wildman–Crippen LogP) is 5.03. The largest absolute Gasteiger partial charge is 0.497 e. The van der Waals surface area contributed by atoms with E-state index < -0.39 is 17.7 Å². The molecule has 0 radical (unpaired) electrons. The Morgan fingerprint density at radius 2 is 1.76 bits per heavy atom. The number of hydrogen-bond donors (Lipinski definition) is 3. The van der Waals surface area contributed by atoms with Crippen LogP contribution in [0.25, 0.3) is 11.3 Å². The van der Waals surface area contributed by atoms with Crippen molar-refractivity contribution < 1.29 is 13.5 Å². The Balaban J connectivity index is 1.52. The lowest BCUT2D eigenvalue weighted by Crippen LogP contribution is -2.14. The van der Waals surface area contributed by atoms with Crippen LogP contribution in [0.2, 0.25) is 0 Å². The summed E-state index contributed by atoms with van der Waals surface area (Å²) in [6, 6.07) is 12.4. The smallest absolute Gasteiger partial charge is 0.233 e. The molecule has 8 nitrogen and oxygen atoms in total. The second-order valence-corrected chi connectivity index (χ2v) is 7.30. The summed E-state index contributed by atoms with van der Waals surface area (Å²) in [4.78, 5) is 13.1. The van der Waals surface area contributed by atoms with Gasteiger partial charge in [0.2, 0.25) is 11.9 Å². The number of ether oxygens (including phenoxy) is 1. The van der Waals surface area contributed by atoms with Crippen LogP contribution in [0.4, 0.5) is 26.5 Å². The molecule has 0 fully saturated rings. The normalized spacial score (nSPS) is 11.8. The second-order valence-electron chi connectivity index (χ2n) is 7.30. The zero-order chi connectivity index (χ0) is 23.4. The average molecular weight is 451 g/mol. The molecule has 0 aliphatic heterocycles. The Labute approximate surface area is 189 Å². The molecule has 2 aromatic carbocycles. The van der Waals surface area contributed by atoms with Crippen molar-refractivity contribution in [2.45, 2.75) is 26.3 Å². The zero-order valence-corrected chi connectivity index (χ0v) is 18.4. The summed E-state index contributed by atoms with van der Waals surface area (Å²) in [7, 11) is 1.62. The van der Waals surface area contributed by atoms with Crippen molar-refractivity contribution in [2.75, 3.05) is 17.7 Å². The highest BCUT2D eigenvalue weighted by molar-refractivity contribution is 5.65. The van der Waals surface area contributed by atoms with Crippen LogP contribution in [0, 0.1) is 11.6 Å². The average Bonchev–Trinajstić information content (AvgIpc) is 3.27. The van der Waals surface area contributed by atoms with Crippen LogP contribution in [0.15, 0.2) is 48.5 Å². The van der Waals surface area contributed by atoms with Crippen LogP contribution in [0.1, 0.15) is 31.3 Å². The molecule has 2 heterocycles. The number of rotatable bonds is 8. The molecule has 10 heteroatoms. The minimum absolute atomic E-state index is 0.270. The van der Waals surface area contributed by atoms with Gasteiger partial charge in [-0.3, -0.25) is 5.10 Å². The Bertz CT molecular complexity index is 1240. The number of aryl methyl sites for hydroxylation is 1. The molecule has 0 saturated heterocycles. The van der Waals surface area contributed by atoms with E-state index in [0.717, 1.165) is 23.1 Å². The first kappa shape index (κ1) is 22.1. The maximum Gasteiger partial charge on any atom is 0.233 e. The lowest BCUT2D eigenvalue weighted by Gasteiger charge is -2.16. The molecule has 0 bridgehead atoms. The molecule has 0 aliphatic rings. The molecule has 4 rings (SSSR count). The number of nitrogens with one attached hydrogen (secondary N) is 3. The number of anilines is 3. The van der Waals surface area contributed by atoms with Crippen LogP contribution in [0.5, 0.6) is 5.75 Å². The van der Waals surface area contributed by atoms with Gasteiger partial charge in [-0.15, -0.1) is 0 Å². The van der Waals surface area contributed by atoms with Gasteiger partial charge >= 0.3 is 0 Å². The third kappa shape index (κ3) is 5.22. The molecule has 0 amide bonds. The maximum absolute atomic E-state index is 14.1. The second kappa shape index (κ2) is 9.60. The minimum atomic E-state index is -0.638. The van der Waals surface area contributed by atoms with E-state index in [1.807, 2.05) is 37.3 Å². The summed E-state index contributed by atoms with van der Waals surface area (Å²) >= 11 is 0. The van der Waals surface area contributed by atoms with Gasteiger partial charge in [-0.1, -0.05) is 13.0 Å². The molecule has 1 atom stereocenters. The first-order valence-corrected chi connectivity index (χ1v) is 10.4. The number of aromatic nitrogens is 5. The highest BCUT2D eigenvalue weighted by Gasteiger charge is 2.15. The van der Waals surface area contributed by atoms with Crippen molar-refractivity contribution >= 4 is 17.7 Å². The maximum atomic E-state index is 14.1. The van der Waals surface area contributed by atoms with Gasteiger partial charge in [0, 0.05) is 24.1 Å². The van der Waals surface area contributed by atoms with Crippen molar-refractivity contribution in [1.82, 2.24) is 25.1 Å². The van der Waals surface area contributed by atoms with Gasteiger partial charge in [-0.05, 0) is 42.8 Å². The highest BCUT2D eigenvalue weighted by atomic mass is 19.1. The third-order valence-corrected chi connectivity index (χ3v) is 4.99. The molecule has 0 saturated carbocycles. The summed E-state index contributed by atoms with van der Waals surface area (Å²) in [6.45, 7) is 3.66. The molecule has 4 aromatic rings. The molecular weight excluding hydrogens is 428 g/mol. The van der Waals surface area contributed by atoms with E-state index in [2.05, 4.69) is 35.8 Å². The Morgan fingerprint density at radius 3 is 2.45 bits per heavy atom. The molecule has 1 unspecified atom stereocenters. The van der Waals surface area contributed by atoms with Gasteiger partial charge in [-0.25, -0.2) is 8.78 Å². The monoisotopic (exact) mass is 451 g/mol. The Kier molecular flexibility index (Phi) is 6.43. The molecule has 3 N–H and O–H groups in total. The van der Waals surface area contributed by atoms with Gasteiger partial charge in [0.05, 0.1) is 18.8 Å². The van der Waals surface area contributed by atoms with Gasteiger partial charge in [0.25, 0.3) is 0 Å². The fourth-order valence-corrected chi connectivity index (χ4v) is 3.24. The van der Waals surface area contributed by atoms with Crippen molar-refractivity contribution in [3.63, 3.8) is 0 Å². The number of aromatic amines is 1. The number of halogens is 2. The molecule has 2 aromatic heterocycles. The number of nitrogens with zero attached hydrogens (tertiary/aromatic N) is 4.